The van der Waals surface area contributed by atoms with E-state index in [0.717, 1.165) is 23.5 Å². The van der Waals surface area contributed by atoms with Crippen molar-refractivity contribution in [1.82, 2.24) is 14.5 Å². The van der Waals surface area contributed by atoms with E-state index in [1.165, 1.54) is 11.4 Å². The summed E-state index contributed by atoms with van der Waals surface area (Å²) < 4.78 is 2.33. The summed E-state index contributed by atoms with van der Waals surface area (Å²) in [4.78, 5) is 8.62. The molecule has 2 aromatic rings. The van der Waals surface area contributed by atoms with Crippen molar-refractivity contribution in [2.45, 2.75) is 48.1 Å². The van der Waals surface area contributed by atoms with Gasteiger partial charge in [0.05, 0.1) is 6.21 Å². The molecular formula is C17H25N5. The number of hydrogen-bond acceptors (Lipinski definition) is 4. The summed E-state index contributed by atoms with van der Waals surface area (Å²) in [5.41, 5.74) is 8.39. The molecule has 0 aliphatic carbocycles. The molecular weight excluding hydrogens is 274 g/mol. The van der Waals surface area contributed by atoms with Crippen molar-refractivity contribution in [3.05, 3.63) is 40.5 Å². The zero-order valence-electron chi connectivity index (χ0n) is 14.3. The van der Waals surface area contributed by atoms with Crippen molar-refractivity contribution in [1.29, 1.82) is 0 Å². The third-order valence-corrected chi connectivity index (χ3v) is 3.51. The van der Waals surface area contributed by atoms with Crippen molar-refractivity contribution < 1.29 is 0 Å². The number of hydrazone groups is 1. The monoisotopic (exact) mass is 299 g/mol. The number of nitrogens with zero attached hydrogens (tertiary/aromatic N) is 4. The highest BCUT2D eigenvalue weighted by Crippen LogP contribution is 2.15. The highest BCUT2D eigenvalue weighted by Gasteiger charge is 2.08. The van der Waals surface area contributed by atoms with Gasteiger partial charge in [-0.05, 0) is 45.7 Å². The van der Waals surface area contributed by atoms with Crippen LogP contribution in [0.15, 0.2) is 17.2 Å². The van der Waals surface area contributed by atoms with Crippen LogP contribution in [-0.4, -0.2) is 20.7 Å². The summed E-state index contributed by atoms with van der Waals surface area (Å²) in [5, 5.41) is 4.28. The maximum absolute atomic E-state index is 4.31. The molecule has 2 heterocycles. The Bertz CT molecular complexity index is 662. The van der Waals surface area contributed by atoms with Crippen LogP contribution in [0, 0.1) is 33.6 Å². The summed E-state index contributed by atoms with van der Waals surface area (Å²) in [6.07, 6.45) is 1.83. The summed E-state index contributed by atoms with van der Waals surface area (Å²) in [6.45, 7) is 13.6. The van der Waals surface area contributed by atoms with E-state index in [-0.39, 0.29) is 0 Å². The van der Waals surface area contributed by atoms with Crippen LogP contribution in [0.1, 0.15) is 42.2 Å². The highest BCUT2D eigenvalue weighted by atomic mass is 15.3. The topological polar surface area (TPSA) is 55.1 Å². The van der Waals surface area contributed by atoms with E-state index in [1.54, 1.807) is 0 Å². The Balaban J connectivity index is 2.13. The molecule has 0 spiro atoms. The number of anilines is 1. The van der Waals surface area contributed by atoms with Gasteiger partial charge in [-0.25, -0.2) is 15.4 Å². The fraction of sp³-hybridized carbons (Fsp3) is 0.471. The molecule has 0 fully saturated rings. The molecule has 22 heavy (non-hydrogen) atoms. The van der Waals surface area contributed by atoms with Gasteiger partial charge >= 0.3 is 0 Å². The SMILES string of the molecule is Cc1cc(C)nc(N/N=C\c2cc(C)n(CC(C)C)c2C)n1. The fourth-order valence-electron chi connectivity index (χ4n) is 2.54. The molecule has 0 aliphatic heterocycles. The lowest BCUT2D eigenvalue weighted by molar-refractivity contribution is 0.509. The molecule has 0 saturated carbocycles. The second kappa shape index (κ2) is 6.73. The molecule has 0 unspecified atom stereocenters. The lowest BCUT2D eigenvalue weighted by Gasteiger charge is -2.11. The van der Waals surface area contributed by atoms with Gasteiger partial charge < -0.3 is 4.57 Å². The molecule has 0 bridgehead atoms. The minimum absolute atomic E-state index is 0.532. The number of aryl methyl sites for hydroxylation is 3. The lowest BCUT2D eigenvalue weighted by Crippen LogP contribution is -2.08. The molecule has 0 radical (unpaired) electrons. The Labute approximate surface area is 132 Å². The van der Waals surface area contributed by atoms with Gasteiger partial charge in [-0.2, -0.15) is 5.10 Å². The van der Waals surface area contributed by atoms with Crippen LogP contribution in [-0.2, 0) is 6.54 Å². The zero-order chi connectivity index (χ0) is 16.3. The van der Waals surface area contributed by atoms with Gasteiger partial charge in [-0.1, -0.05) is 13.8 Å². The van der Waals surface area contributed by atoms with Crippen LogP contribution < -0.4 is 5.43 Å². The normalized spacial score (nSPS) is 11.6. The summed E-state index contributed by atoms with van der Waals surface area (Å²) in [5.74, 6) is 1.15. The van der Waals surface area contributed by atoms with Crippen LogP contribution in [0.4, 0.5) is 5.95 Å². The molecule has 1 N–H and O–H groups in total. The number of rotatable bonds is 5. The minimum Gasteiger partial charge on any atom is -0.348 e. The van der Waals surface area contributed by atoms with E-state index in [1.807, 2.05) is 26.1 Å². The number of hydrogen-bond donors (Lipinski definition) is 1. The molecule has 0 saturated heterocycles. The van der Waals surface area contributed by atoms with Crippen molar-refractivity contribution in [3.63, 3.8) is 0 Å². The molecule has 5 heteroatoms. The number of nitrogens with one attached hydrogen (secondary N) is 1. The first-order chi connectivity index (χ1) is 10.4. The molecule has 118 valence electrons. The first-order valence-electron chi connectivity index (χ1n) is 7.65. The van der Waals surface area contributed by atoms with Gasteiger partial charge in [0.1, 0.15) is 0 Å². The standard InChI is InChI=1S/C17H25N5/c1-11(2)10-22-14(5)8-16(15(22)6)9-18-21-17-19-12(3)7-13(4)20-17/h7-9,11H,10H2,1-6H3,(H,19,20,21)/b18-9-. The van der Waals surface area contributed by atoms with E-state index in [0.29, 0.717) is 11.9 Å². The Morgan fingerprint density at radius 1 is 1.14 bits per heavy atom. The Morgan fingerprint density at radius 3 is 2.36 bits per heavy atom. The van der Waals surface area contributed by atoms with Crippen molar-refractivity contribution in [2.75, 3.05) is 5.43 Å². The van der Waals surface area contributed by atoms with Crippen LogP contribution in [0.25, 0.3) is 0 Å². The smallest absolute Gasteiger partial charge is 0.243 e. The van der Waals surface area contributed by atoms with Crippen LogP contribution in [0.3, 0.4) is 0 Å². The van der Waals surface area contributed by atoms with Crippen molar-refractivity contribution in [2.24, 2.45) is 11.0 Å². The average molecular weight is 299 g/mol. The van der Waals surface area contributed by atoms with Crippen LogP contribution in [0.2, 0.25) is 0 Å². The molecule has 2 rings (SSSR count). The molecule has 0 amide bonds. The van der Waals surface area contributed by atoms with E-state index in [2.05, 4.69) is 58.8 Å². The maximum atomic E-state index is 4.31. The van der Waals surface area contributed by atoms with Crippen molar-refractivity contribution >= 4 is 12.2 Å². The predicted molar refractivity (Wildman–Crippen MR) is 91.5 cm³/mol. The fourth-order valence-corrected chi connectivity index (χ4v) is 2.54. The van der Waals surface area contributed by atoms with Crippen LogP contribution in [0.5, 0.6) is 0 Å². The van der Waals surface area contributed by atoms with Gasteiger partial charge in [0.25, 0.3) is 0 Å². The second-order valence-corrected chi connectivity index (χ2v) is 6.18. The van der Waals surface area contributed by atoms with Gasteiger partial charge in [0.2, 0.25) is 5.95 Å². The second-order valence-electron chi connectivity index (χ2n) is 6.18. The maximum Gasteiger partial charge on any atom is 0.243 e. The van der Waals surface area contributed by atoms with E-state index in [9.17, 15) is 0 Å². The zero-order valence-corrected chi connectivity index (χ0v) is 14.3. The van der Waals surface area contributed by atoms with Gasteiger partial charge in [0.15, 0.2) is 0 Å². The molecule has 0 aliphatic rings. The number of aromatic nitrogens is 3. The van der Waals surface area contributed by atoms with E-state index >= 15 is 0 Å². The van der Waals surface area contributed by atoms with E-state index in [4.69, 9.17) is 0 Å². The highest BCUT2D eigenvalue weighted by molar-refractivity contribution is 5.82. The summed E-state index contributed by atoms with van der Waals surface area (Å²) in [7, 11) is 0. The first kappa shape index (κ1) is 16.2. The summed E-state index contributed by atoms with van der Waals surface area (Å²) >= 11 is 0. The predicted octanol–water partition coefficient (Wildman–Crippen LogP) is 3.61. The third kappa shape index (κ3) is 3.93. The quantitative estimate of drug-likeness (QED) is 0.678. The Kier molecular flexibility index (Phi) is 4.96. The first-order valence-corrected chi connectivity index (χ1v) is 7.65. The van der Waals surface area contributed by atoms with Gasteiger partial charge in [-0.15, -0.1) is 0 Å². The molecule has 5 nitrogen and oxygen atoms in total. The Hall–Kier alpha value is -2.17. The average Bonchev–Trinajstić information content (AvgIpc) is 2.65. The Morgan fingerprint density at radius 2 is 1.77 bits per heavy atom. The van der Waals surface area contributed by atoms with Crippen LogP contribution >= 0.6 is 0 Å². The minimum atomic E-state index is 0.532. The molecule has 0 aromatic carbocycles. The van der Waals surface area contributed by atoms with Gasteiger partial charge in [0, 0.05) is 34.9 Å². The van der Waals surface area contributed by atoms with Crippen molar-refractivity contribution in [3.8, 4) is 0 Å². The molecule has 2 aromatic heterocycles. The third-order valence-electron chi connectivity index (χ3n) is 3.51. The lowest BCUT2D eigenvalue weighted by atomic mass is 10.2. The van der Waals surface area contributed by atoms with Gasteiger partial charge in [-0.3, -0.25) is 0 Å². The largest absolute Gasteiger partial charge is 0.348 e. The summed E-state index contributed by atoms with van der Waals surface area (Å²) in [6, 6.07) is 4.10. The molecule has 0 atom stereocenters. The van der Waals surface area contributed by atoms with E-state index < -0.39 is 0 Å².